The zero-order valence-corrected chi connectivity index (χ0v) is 15.7. The molecule has 0 aliphatic rings. The molecule has 0 aliphatic heterocycles. The van der Waals surface area contributed by atoms with Crippen LogP contribution in [0.4, 0.5) is 18.3 Å². The quantitative estimate of drug-likeness (QED) is 0.634. The monoisotopic (exact) mass is 394 g/mol. The molecule has 0 saturated carbocycles. The Morgan fingerprint density at radius 2 is 1.96 bits per heavy atom. The molecule has 142 valence electrons. The van der Waals surface area contributed by atoms with E-state index in [4.69, 9.17) is 4.42 Å². The highest BCUT2D eigenvalue weighted by atomic mass is 32.1. The maximum atomic E-state index is 12.8. The fourth-order valence-corrected chi connectivity index (χ4v) is 3.63. The number of nitrogens with zero attached hydrogens (tertiary/aromatic N) is 1. The Morgan fingerprint density at radius 1 is 1.22 bits per heavy atom. The Labute approximate surface area is 158 Å². The summed E-state index contributed by atoms with van der Waals surface area (Å²) in [5, 5.41) is 3.11. The summed E-state index contributed by atoms with van der Waals surface area (Å²) in [6, 6.07) is 5.18. The van der Waals surface area contributed by atoms with Crippen molar-refractivity contribution in [3.8, 4) is 0 Å². The Hall–Kier alpha value is -2.61. The Bertz CT molecular complexity index is 989. The van der Waals surface area contributed by atoms with Gasteiger partial charge in [0.1, 0.15) is 11.5 Å². The Morgan fingerprint density at radius 3 is 2.59 bits per heavy atom. The van der Waals surface area contributed by atoms with Crippen LogP contribution in [-0.4, -0.2) is 10.9 Å². The predicted molar refractivity (Wildman–Crippen MR) is 97.2 cm³/mol. The number of nitrogens with one attached hydrogen (secondary N) is 1. The van der Waals surface area contributed by atoms with E-state index in [1.54, 1.807) is 26.1 Å². The van der Waals surface area contributed by atoms with Crippen LogP contribution in [0.1, 0.15) is 43.4 Å². The van der Waals surface area contributed by atoms with E-state index >= 15 is 0 Å². The van der Waals surface area contributed by atoms with Crippen molar-refractivity contribution in [1.29, 1.82) is 0 Å². The molecule has 0 atom stereocenters. The lowest BCUT2D eigenvalue weighted by Gasteiger charge is -2.07. The molecule has 8 heteroatoms. The molecule has 0 bridgehead atoms. The van der Waals surface area contributed by atoms with Crippen molar-refractivity contribution in [3.05, 3.63) is 69.1 Å². The number of hydrogen-bond donors (Lipinski definition) is 1. The smallest absolute Gasteiger partial charge is 0.416 e. The molecule has 2 aromatic heterocycles. The first-order valence-corrected chi connectivity index (χ1v) is 8.95. The van der Waals surface area contributed by atoms with Gasteiger partial charge < -0.3 is 4.42 Å². The summed E-state index contributed by atoms with van der Waals surface area (Å²) in [4.78, 5) is 17.4. The molecule has 3 rings (SSSR count). The minimum absolute atomic E-state index is 0.306. The molecule has 3 aromatic rings. The molecule has 1 amide bonds. The Balaban J connectivity index is 1.73. The number of aryl methyl sites for hydroxylation is 2. The number of rotatable bonds is 4. The van der Waals surface area contributed by atoms with Gasteiger partial charge in [-0.3, -0.25) is 10.1 Å². The van der Waals surface area contributed by atoms with E-state index in [1.807, 2.05) is 6.92 Å². The minimum atomic E-state index is -4.37. The first-order valence-electron chi connectivity index (χ1n) is 8.14. The summed E-state index contributed by atoms with van der Waals surface area (Å²) in [6.07, 6.45) is -2.51. The van der Waals surface area contributed by atoms with Crippen molar-refractivity contribution >= 4 is 22.4 Å². The van der Waals surface area contributed by atoms with Crippen LogP contribution in [0.3, 0.4) is 0 Å². The minimum Gasteiger partial charge on any atom is -0.466 e. The molecule has 2 heterocycles. The van der Waals surface area contributed by atoms with E-state index in [0.29, 0.717) is 34.2 Å². The molecule has 4 nitrogen and oxygen atoms in total. The summed E-state index contributed by atoms with van der Waals surface area (Å²) in [5.74, 6) is 0.895. The zero-order valence-electron chi connectivity index (χ0n) is 14.9. The molecule has 0 aliphatic carbocycles. The summed E-state index contributed by atoms with van der Waals surface area (Å²) in [7, 11) is 0. The van der Waals surface area contributed by atoms with Gasteiger partial charge in [0.15, 0.2) is 5.13 Å². The van der Waals surface area contributed by atoms with E-state index < -0.39 is 11.7 Å². The third-order valence-electron chi connectivity index (χ3n) is 4.20. The standard InChI is InChI=1S/C19H17F3N2O2S/c1-10-11(2)26-12(3)16(10)17(25)24-18-23-9-15(27-18)8-13-5-4-6-14(7-13)19(20,21)22/h4-7,9H,8H2,1-3H3,(H,23,24,25). The average molecular weight is 394 g/mol. The molecule has 1 N–H and O–H groups in total. The summed E-state index contributed by atoms with van der Waals surface area (Å²) < 4.78 is 43.9. The van der Waals surface area contributed by atoms with Gasteiger partial charge in [0.25, 0.3) is 5.91 Å². The van der Waals surface area contributed by atoms with Gasteiger partial charge in [-0.1, -0.05) is 18.2 Å². The van der Waals surface area contributed by atoms with E-state index in [0.717, 1.165) is 22.6 Å². The number of amides is 1. The molecule has 0 saturated heterocycles. The van der Waals surface area contributed by atoms with Gasteiger partial charge in [0.2, 0.25) is 0 Å². The van der Waals surface area contributed by atoms with Gasteiger partial charge in [-0.15, -0.1) is 11.3 Å². The third kappa shape index (κ3) is 4.21. The van der Waals surface area contributed by atoms with Crippen LogP contribution in [-0.2, 0) is 12.6 Å². The number of carbonyl (C=O) groups is 1. The average Bonchev–Trinajstić information content (AvgIpc) is 3.11. The second-order valence-electron chi connectivity index (χ2n) is 6.18. The number of benzene rings is 1. The summed E-state index contributed by atoms with van der Waals surface area (Å²) >= 11 is 1.23. The van der Waals surface area contributed by atoms with E-state index in [1.165, 1.54) is 17.4 Å². The molecule has 0 spiro atoms. The third-order valence-corrected chi connectivity index (χ3v) is 5.11. The summed E-state index contributed by atoms with van der Waals surface area (Å²) in [6.45, 7) is 5.31. The highest BCUT2D eigenvalue weighted by Crippen LogP contribution is 2.31. The number of carbonyl (C=O) groups excluding carboxylic acids is 1. The van der Waals surface area contributed by atoms with Crippen LogP contribution in [0, 0.1) is 20.8 Å². The largest absolute Gasteiger partial charge is 0.466 e. The number of thiazole rings is 1. The lowest BCUT2D eigenvalue weighted by Crippen LogP contribution is -2.13. The number of aromatic nitrogens is 1. The van der Waals surface area contributed by atoms with Gasteiger partial charge in [0.05, 0.1) is 11.1 Å². The maximum absolute atomic E-state index is 12.8. The molecular weight excluding hydrogens is 377 g/mol. The van der Waals surface area contributed by atoms with E-state index in [-0.39, 0.29) is 5.91 Å². The second kappa shape index (κ2) is 7.19. The SMILES string of the molecule is Cc1oc(C)c(C(=O)Nc2ncc(Cc3cccc(C(F)(F)F)c3)s2)c1C. The van der Waals surface area contributed by atoms with Crippen molar-refractivity contribution in [2.24, 2.45) is 0 Å². The topological polar surface area (TPSA) is 55.1 Å². The fourth-order valence-electron chi connectivity index (χ4n) is 2.79. The molecule has 0 radical (unpaired) electrons. The van der Waals surface area contributed by atoms with Gasteiger partial charge in [0, 0.05) is 23.1 Å². The number of anilines is 1. The normalized spacial score (nSPS) is 11.6. The fraction of sp³-hybridized carbons (Fsp3) is 0.263. The van der Waals surface area contributed by atoms with Crippen molar-refractivity contribution < 1.29 is 22.4 Å². The number of alkyl halides is 3. The lowest BCUT2D eigenvalue weighted by molar-refractivity contribution is -0.137. The van der Waals surface area contributed by atoms with Crippen LogP contribution >= 0.6 is 11.3 Å². The number of furan rings is 1. The molecule has 27 heavy (non-hydrogen) atoms. The van der Waals surface area contributed by atoms with Gasteiger partial charge in [-0.25, -0.2) is 4.98 Å². The second-order valence-corrected chi connectivity index (χ2v) is 7.29. The highest BCUT2D eigenvalue weighted by Gasteiger charge is 2.30. The van der Waals surface area contributed by atoms with Crippen molar-refractivity contribution in [2.75, 3.05) is 5.32 Å². The molecular formula is C19H17F3N2O2S. The Kier molecular flexibility index (Phi) is 5.10. The van der Waals surface area contributed by atoms with Gasteiger partial charge in [-0.05, 0) is 32.4 Å². The van der Waals surface area contributed by atoms with Crippen LogP contribution < -0.4 is 5.32 Å². The van der Waals surface area contributed by atoms with Crippen molar-refractivity contribution in [3.63, 3.8) is 0 Å². The lowest BCUT2D eigenvalue weighted by atomic mass is 10.1. The molecule has 0 unspecified atom stereocenters. The zero-order chi connectivity index (χ0) is 19.8. The van der Waals surface area contributed by atoms with Crippen molar-refractivity contribution in [2.45, 2.75) is 33.4 Å². The maximum Gasteiger partial charge on any atom is 0.416 e. The van der Waals surface area contributed by atoms with Crippen LogP contribution in [0.25, 0.3) is 0 Å². The first-order chi connectivity index (χ1) is 12.6. The number of halogens is 3. The van der Waals surface area contributed by atoms with Crippen LogP contribution in [0.5, 0.6) is 0 Å². The van der Waals surface area contributed by atoms with Gasteiger partial charge in [-0.2, -0.15) is 13.2 Å². The van der Waals surface area contributed by atoms with Gasteiger partial charge >= 0.3 is 6.18 Å². The first kappa shape index (κ1) is 19.2. The van der Waals surface area contributed by atoms with Crippen LogP contribution in [0.2, 0.25) is 0 Å². The van der Waals surface area contributed by atoms with Crippen LogP contribution in [0.15, 0.2) is 34.9 Å². The molecule has 1 aromatic carbocycles. The molecule has 0 fully saturated rings. The highest BCUT2D eigenvalue weighted by molar-refractivity contribution is 7.15. The number of hydrogen-bond acceptors (Lipinski definition) is 4. The summed E-state index contributed by atoms with van der Waals surface area (Å²) in [5.41, 5.74) is 1.09. The van der Waals surface area contributed by atoms with Crippen molar-refractivity contribution in [1.82, 2.24) is 4.98 Å². The van der Waals surface area contributed by atoms with E-state index in [2.05, 4.69) is 10.3 Å². The van der Waals surface area contributed by atoms with E-state index in [9.17, 15) is 18.0 Å². The predicted octanol–water partition coefficient (Wildman–Crippen LogP) is 5.52.